The standard InChI is InChI=1S/C22H23NO/c1-17-11-13-21(14-12-17)23-15-19-8-5-6-10-22(19)24-16-20-9-4-3-7-18(20)2/h3-14,23H,15-16H2,1-2H3. The summed E-state index contributed by atoms with van der Waals surface area (Å²) in [7, 11) is 0. The largest absolute Gasteiger partial charge is 0.489 e. The van der Waals surface area contributed by atoms with Crippen LogP contribution in [0.3, 0.4) is 0 Å². The second-order valence-electron chi connectivity index (χ2n) is 6.04. The summed E-state index contributed by atoms with van der Waals surface area (Å²) in [6.07, 6.45) is 0. The van der Waals surface area contributed by atoms with Gasteiger partial charge in [-0.15, -0.1) is 0 Å². The first kappa shape index (κ1) is 16.1. The Labute approximate surface area is 144 Å². The van der Waals surface area contributed by atoms with Gasteiger partial charge >= 0.3 is 0 Å². The Morgan fingerprint density at radius 3 is 2.17 bits per heavy atom. The molecule has 122 valence electrons. The second kappa shape index (κ2) is 7.69. The highest BCUT2D eigenvalue weighted by Gasteiger charge is 2.05. The van der Waals surface area contributed by atoms with E-state index in [1.54, 1.807) is 0 Å². The first-order valence-electron chi connectivity index (χ1n) is 8.28. The Kier molecular flexibility index (Phi) is 5.17. The Bertz CT molecular complexity index is 793. The van der Waals surface area contributed by atoms with Gasteiger partial charge in [0.1, 0.15) is 12.4 Å². The van der Waals surface area contributed by atoms with Gasteiger partial charge in [-0.3, -0.25) is 0 Å². The number of hydrogen-bond acceptors (Lipinski definition) is 2. The number of benzene rings is 3. The average molecular weight is 317 g/mol. The molecule has 0 heterocycles. The zero-order valence-corrected chi connectivity index (χ0v) is 14.3. The van der Waals surface area contributed by atoms with Crippen molar-refractivity contribution in [3.63, 3.8) is 0 Å². The van der Waals surface area contributed by atoms with Crippen LogP contribution in [-0.2, 0) is 13.2 Å². The molecule has 0 saturated carbocycles. The molecular weight excluding hydrogens is 294 g/mol. The summed E-state index contributed by atoms with van der Waals surface area (Å²) in [4.78, 5) is 0. The lowest BCUT2D eigenvalue weighted by Crippen LogP contribution is -2.04. The van der Waals surface area contributed by atoms with Crippen LogP contribution in [0.1, 0.15) is 22.3 Å². The van der Waals surface area contributed by atoms with E-state index < -0.39 is 0 Å². The molecule has 0 amide bonds. The Morgan fingerprint density at radius 1 is 0.750 bits per heavy atom. The van der Waals surface area contributed by atoms with E-state index in [0.29, 0.717) is 6.61 Å². The van der Waals surface area contributed by atoms with Crippen LogP contribution in [0.2, 0.25) is 0 Å². The van der Waals surface area contributed by atoms with Gasteiger partial charge in [0.05, 0.1) is 0 Å². The van der Waals surface area contributed by atoms with Gasteiger partial charge in [0, 0.05) is 17.8 Å². The Balaban J connectivity index is 1.66. The highest BCUT2D eigenvalue weighted by atomic mass is 16.5. The molecule has 0 radical (unpaired) electrons. The molecule has 0 aliphatic heterocycles. The molecule has 2 nitrogen and oxygen atoms in total. The Morgan fingerprint density at radius 2 is 1.42 bits per heavy atom. The number of hydrogen-bond donors (Lipinski definition) is 1. The van der Waals surface area contributed by atoms with Crippen molar-refractivity contribution in [2.45, 2.75) is 27.0 Å². The number of rotatable bonds is 6. The second-order valence-corrected chi connectivity index (χ2v) is 6.04. The normalized spacial score (nSPS) is 10.4. The van der Waals surface area contributed by atoms with E-state index in [-0.39, 0.29) is 0 Å². The van der Waals surface area contributed by atoms with Gasteiger partial charge in [-0.2, -0.15) is 0 Å². The summed E-state index contributed by atoms with van der Waals surface area (Å²) in [5.41, 5.74) is 6.02. The van der Waals surface area contributed by atoms with Crippen molar-refractivity contribution in [3.8, 4) is 5.75 Å². The smallest absolute Gasteiger partial charge is 0.124 e. The number of para-hydroxylation sites is 1. The van der Waals surface area contributed by atoms with Crippen LogP contribution in [0.25, 0.3) is 0 Å². The lowest BCUT2D eigenvalue weighted by molar-refractivity contribution is 0.302. The van der Waals surface area contributed by atoms with Crippen molar-refractivity contribution < 1.29 is 4.74 Å². The molecule has 3 aromatic rings. The van der Waals surface area contributed by atoms with Crippen molar-refractivity contribution in [2.24, 2.45) is 0 Å². The van der Waals surface area contributed by atoms with Crippen molar-refractivity contribution in [1.82, 2.24) is 0 Å². The van der Waals surface area contributed by atoms with Gasteiger partial charge in [-0.1, -0.05) is 60.2 Å². The van der Waals surface area contributed by atoms with Crippen molar-refractivity contribution in [2.75, 3.05) is 5.32 Å². The molecule has 0 bridgehead atoms. The van der Waals surface area contributed by atoms with E-state index in [2.05, 4.69) is 73.8 Å². The SMILES string of the molecule is Cc1ccc(NCc2ccccc2OCc2ccccc2C)cc1. The van der Waals surface area contributed by atoms with Crippen molar-refractivity contribution >= 4 is 5.69 Å². The zero-order chi connectivity index (χ0) is 16.8. The zero-order valence-electron chi connectivity index (χ0n) is 14.3. The van der Waals surface area contributed by atoms with Gasteiger partial charge in [0.25, 0.3) is 0 Å². The minimum atomic E-state index is 0.591. The summed E-state index contributed by atoms with van der Waals surface area (Å²) in [5.74, 6) is 0.931. The highest BCUT2D eigenvalue weighted by Crippen LogP contribution is 2.21. The third-order valence-electron chi connectivity index (χ3n) is 4.15. The maximum atomic E-state index is 6.07. The minimum absolute atomic E-state index is 0.591. The molecule has 1 N–H and O–H groups in total. The first-order chi connectivity index (χ1) is 11.7. The van der Waals surface area contributed by atoms with Crippen LogP contribution in [0, 0.1) is 13.8 Å². The maximum absolute atomic E-state index is 6.07. The molecule has 0 aromatic heterocycles. The summed E-state index contributed by atoms with van der Waals surface area (Å²) >= 11 is 0. The summed E-state index contributed by atoms with van der Waals surface area (Å²) in [6.45, 7) is 5.54. The topological polar surface area (TPSA) is 21.3 Å². The fourth-order valence-corrected chi connectivity index (χ4v) is 2.59. The van der Waals surface area contributed by atoms with Gasteiger partial charge in [0.15, 0.2) is 0 Å². The lowest BCUT2D eigenvalue weighted by atomic mass is 10.1. The number of anilines is 1. The van der Waals surface area contributed by atoms with E-state index >= 15 is 0 Å². The average Bonchev–Trinajstić information content (AvgIpc) is 2.61. The van der Waals surface area contributed by atoms with Gasteiger partial charge in [-0.25, -0.2) is 0 Å². The van der Waals surface area contributed by atoms with Crippen molar-refractivity contribution in [1.29, 1.82) is 0 Å². The maximum Gasteiger partial charge on any atom is 0.124 e. The molecule has 2 heteroatoms. The van der Waals surface area contributed by atoms with Crippen LogP contribution >= 0.6 is 0 Å². The molecule has 24 heavy (non-hydrogen) atoms. The lowest BCUT2D eigenvalue weighted by Gasteiger charge is -2.14. The number of ether oxygens (including phenoxy) is 1. The minimum Gasteiger partial charge on any atom is -0.489 e. The predicted octanol–water partition coefficient (Wildman–Crippen LogP) is 5.49. The molecule has 0 fully saturated rings. The molecule has 3 rings (SSSR count). The van der Waals surface area contributed by atoms with E-state index in [0.717, 1.165) is 23.5 Å². The first-order valence-corrected chi connectivity index (χ1v) is 8.28. The number of aryl methyl sites for hydroxylation is 2. The van der Waals surface area contributed by atoms with Crippen LogP contribution in [0.4, 0.5) is 5.69 Å². The summed E-state index contributed by atoms with van der Waals surface area (Å²) in [6, 6.07) is 25.0. The quantitative estimate of drug-likeness (QED) is 0.648. The van der Waals surface area contributed by atoms with Crippen LogP contribution in [-0.4, -0.2) is 0 Å². The fraction of sp³-hybridized carbons (Fsp3) is 0.182. The van der Waals surface area contributed by atoms with E-state index in [9.17, 15) is 0 Å². The van der Waals surface area contributed by atoms with Gasteiger partial charge in [-0.05, 0) is 43.2 Å². The molecule has 0 aliphatic carbocycles. The molecule has 0 atom stereocenters. The van der Waals surface area contributed by atoms with E-state index in [1.807, 2.05) is 18.2 Å². The molecule has 0 aliphatic rings. The molecule has 0 spiro atoms. The van der Waals surface area contributed by atoms with Crippen LogP contribution in [0.5, 0.6) is 5.75 Å². The van der Waals surface area contributed by atoms with Gasteiger partial charge < -0.3 is 10.1 Å². The van der Waals surface area contributed by atoms with Crippen LogP contribution < -0.4 is 10.1 Å². The van der Waals surface area contributed by atoms with Crippen LogP contribution in [0.15, 0.2) is 72.8 Å². The predicted molar refractivity (Wildman–Crippen MR) is 100 cm³/mol. The highest BCUT2D eigenvalue weighted by molar-refractivity contribution is 5.46. The monoisotopic (exact) mass is 317 g/mol. The number of nitrogens with one attached hydrogen (secondary N) is 1. The molecular formula is C22H23NO. The van der Waals surface area contributed by atoms with E-state index in [1.165, 1.54) is 16.7 Å². The fourth-order valence-electron chi connectivity index (χ4n) is 2.59. The Hall–Kier alpha value is -2.74. The van der Waals surface area contributed by atoms with Gasteiger partial charge in [0.2, 0.25) is 0 Å². The summed E-state index contributed by atoms with van der Waals surface area (Å²) < 4.78 is 6.07. The molecule has 3 aromatic carbocycles. The third kappa shape index (κ3) is 4.17. The third-order valence-corrected chi connectivity index (χ3v) is 4.15. The van der Waals surface area contributed by atoms with Crippen molar-refractivity contribution in [3.05, 3.63) is 95.1 Å². The summed E-state index contributed by atoms with van der Waals surface area (Å²) in [5, 5.41) is 3.46. The molecule has 0 saturated heterocycles. The van der Waals surface area contributed by atoms with E-state index in [4.69, 9.17) is 4.74 Å². The molecule has 0 unspecified atom stereocenters.